The van der Waals surface area contributed by atoms with E-state index in [4.69, 9.17) is 24.3 Å². The van der Waals surface area contributed by atoms with Crippen LogP contribution in [0.25, 0.3) is 5.52 Å². The number of nitriles is 1. The maximum Gasteiger partial charge on any atom is 0.472 e. The Balaban J connectivity index is 1.50. The van der Waals surface area contributed by atoms with Gasteiger partial charge in [0.05, 0.1) is 22.8 Å². The summed E-state index contributed by atoms with van der Waals surface area (Å²) in [6, 6.07) is 10.2. The van der Waals surface area contributed by atoms with E-state index < -0.39 is 54.3 Å². The highest BCUT2D eigenvalue weighted by Gasteiger charge is 2.64. The van der Waals surface area contributed by atoms with Crippen LogP contribution in [0.5, 0.6) is 0 Å². The largest absolute Gasteiger partial charge is 0.472 e. The first-order chi connectivity index (χ1) is 20.0. The van der Waals surface area contributed by atoms with Gasteiger partial charge in [-0.2, -0.15) is 14.7 Å². The van der Waals surface area contributed by atoms with Gasteiger partial charge in [0, 0.05) is 13.1 Å². The van der Waals surface area contributed by atoms with Gasteiger partial charge in [-0.05, 0) is 49.2 Å². The molecule has 5 rings (SSSR count). The van der Waals surface area contributed by atoms with Crippen LogP contribution in [-0.4, -0.2) is 76.2 Å². The minimum Gasteiger partial charge on any atom is -0.451 e. The van der Waals surface area contributed by atoms with E-state index in [0.29, 0.717) is 31.4 Å². The molecule has 3 aromatic rings. The number of hydrogen-bond acceptors (Lipinski definition) is 12. The predicted molar refractivity (Wildman–Crippen MR) is 145 cm³/mol. The zero-order chi connectivity index (χ0) is 30.3. The van der Waals surface area contributed by atoms with Gasteiger partial charge in [-0.25, -0.2) is 27.3 Å². The Kier molecular flexibility index (Phi) is 8.12. The molecule has 42 heavy (non-hydrogen) atoms. The van der Waals surface area contributed by atoms with Crippen LogP contribution in [0.4, 0.5) is 5.82 Å². The Bertz CT molecular complexity index is 1690. The van der Waals surface area contributed by atoms with Crippen molar-refractivity contribution in [3.8, 4) is 6.07 Å². The number of nitrogen functional groups attached to an aromatic ring is 1. The SMILES string of the molecule is CCCN(CCC)S(=O)(=O)c1ccc(C(=O)O[C@@H]2[C@@H]3OP(=O)(O)OC[C@H]3O[C@@]2(C#N)c2ccc3c(N)ncnn23)cc1. The average molecular weight is 621 g/mol. The topological polar surface area (TPSA) is 209 Å². The predicted octanol–water partition coefficient (Wildman–Crippen LogP) is 1.98. The third-order valence-electron chi connectivity index (χ3n) is 7.00. The number of carbonyl (C=O) groups excluding carboxylic acids is 1. The van der Waals surface area contributed by atoms with Crippen LogP contribution in [0.3, 0.4) is 0 Å². The number of fused-ring (bicyclic) bond motifs is 2. The Labute approximate surface area is 241 Å². The van der Waals surface area contributed by atoms with Crippen molar-refractivity contribution in [3.05, 3.63) is 54.0 Å². The van der Waals surface area contributed by atoms with Gasteiger partial charge in [-0.1, -0.05) is 13.8 Å². The third kappa shape index (κ3) is 5.18. The average Bonchev–Trinajstić information content (AvgIpc) is 3.53. The number of phosphoric ester groups is 1. The van der Waals surface area contributed by atoms with Crippen LogP contribution in [0, 0.1) is 11.3 Å². The lowest BCUT2D eigenvalue weighted by Crippen LogP contribution is -2.46. The number of rotatable bonds is 9. The fourth-order valence-corrected chi connectivity index (χ4v) is 7.66. The van der Waals surface area contributed by atoms with E-state index in [2.05, 4.69) is 10.1 Å². The van der Waals surface area contributed by atoms with Crippen molar-refractivity contribution in [2.24, 2.45) is 0 Å². The highest BCUT2D eigenvalue weighted by Crippen LogP contribution is 2.55. The lowest BCUT2D eigenvalue weighted by Gasteiger charge is -2.30. The number of anilines is 1. The van der Waals surface area contributed by atoms with Crippen molar-refractivity contribution in [1.82, 2.24) is 18.9 Å². The fourth-order valence-electron chi connectivity index (χ4n) is 5.09. The molecule has 1 unspecified atom stereocenters. The number of phosphoric acid groups is 1. The maximum atomic E-state index is 13.4. The molecule has 0 amide bonds. The first-order valence-electron chi connectivity index (χ1n) is 13.1. The number of aromatic nitrogens is 3. The Morgan fingerprint density at radius 1 is 1.26 bits per heavy atom. The number of hydrogen-bond donors (Lipinski definition) is 2. The Morgan fingerprint density at radius 2 is 1.95 bits per heavy atom. The van der Waals surface area contributed by atoms with E-state index in [1.165, 1.54) is 45.5 Å². The van der Waals surface area contributed by atoms with Crippen LogP contribution in [0.1, 0.15) is 42.7 Å². The molecule has 0 radical (unpaired) electrons. The molecule has 0 aliphatic carbocycles. The lowest BCUT2D eigenvalue weighted by molar-refractivity contribution is -0.0754. The second-order valence-corrected chi connectivity index (χ2v) is 13.1. The quantitative estimate of drug-likeness (QED) is 0.259. The molecule has 4 heterocycles. The number of benzene rings is 1. The zero-order valence-electron chi connectivity index (χ0n) is 22.7. The third-order valence-corrected chi connectivity index (χ3v) is 9.89. The van der Waals surface area contributed by atoms with Gasteiger partial charge < -0.3 is 20.1 Å². The first kappa shape index (κ1) is 30.1. The van der Waals surface area contributed by atoms with Crippen LogP contribution in [0.2, 0.25) is 0 Å². The van der Waals surface area contributed by atoms with Crippen molar-refractivity contribution in [1.29, 1.82) is 5.26 Å². The highest BCUT2D eigenvalue weighted by molar-refractivity contribution is 7.89. The first-order valence-corrected chi connectivity index (χ1v) is 16.1. The van der Waals surface area contributed by atoms with Gasteiger partial charge in [0.15, 0.2) is 11.9 Å². The molecular weight excluding hydrogens is 591 g/mol. The molecule has 0 spiro atoms. The van der Waals surface area contributed by atoms with Gasteiger partial charge in [-0.15, -0.1) is 0 Å². The summed E-state index contributed by atoms with van der Waals surface area (Å²) >= 11 is 0. The molecule has 17 heteroatoms. The van der Waals surface area contributed by atoms with E-state index in [1.807, 2.05) is 19.9 Å². The molecule has 2 aromatic heterocycles. The Hall–Kier alpha value is -3.42. The van der Waals surface area contributed by atoms with Gasteiger partial charge >= 0.3 is 13.8 Å². The molecule has 5 atom stereocenters. The highest BCUT2D eigenvalue weighted by atomic mass is 32.2. The van der Waals surface area contributed by atoms with Crippen LogP contribution in [0.15, 0.2) is 47.6 Å². The van der Waals surface area contributed by atoms with Gasteiger partial charge in [0.25, 0.3) is 0 Å². The summed E-state index contributed by atoms with van der Waals surface area (Å²) in [4.78, 5) is 27.4. The van der Waals surface area contributed by atoms with Gasteiger partial charge in [-0.3, -0.25) is 9.05 Å². The molecule has 0 saturated carbocycles. The van der Waals surface area contributed by atoms with Crippen LogP contribution < -0.4 is 5.73 Å². The van der Waals surface area contributed by atoms with Crippen molar-refractivity contribution >= 4 is 35.1 Å². The number of sulfonamides is 1. The van der Waals surface area contributed by atoms with Gasteiger partial charge in [0.2, 0.25) is 15.6 Å². The standard InChI is InChI=1S/C25H29N6O9PS/c1-3-11-30(12-4-2)42(35,36)17-7-5-16(6-8-17)24(32)38-22-21-19(13-37-41(33,34)40-21)39-25(22,14-26)20-10-9-18-23(27)28-15-29-31(18)20/h5-10,15,19,21-22H,3-4,11-13H2,1-2H3,(H,33,34)(H2,27,28,29)/t19-,21-,22-,25+/m1/s1. The molecule has 3 N–H and O–H groups in total. The summed E-state index contributed by atoms with van der Waals surface area (Å²) in [7, 11) is -8.35. The number of nitrogens with two attached hydrogens (primary N) is 1. The van der Waals surface area contributed by atoms with Crippen LogP contribution in [-0.2, 0) is 38.7 Å². The fraction of sp³-hybridized carbons (Fsp3) is 0.440. The molecule has 2 aliphatic rings. The minimum atomic E-state index is -4.56. The van der Waals surface area contributed by atoms with Crippen molar-refractivity contribution in [2.75, 3.05) is 25.4 Å². The summed E-state index contributed by atoms with van der Waals surface area (Å²) in [5.41, 5.74) is 4.29. The van der Waals surface area contributed by atoms with E-state index in [-0.39, 0.29) is 22.0 Å². The summed E-state index contributed by atoms with van der Waals surface area (Å²) in [5, 5.41) is 14.6. The van der Waals surface area contributed by atoms with E-state index in [0.717, 1.165) is 0 Å². The van der Waals surface area contributed by atoms with Gasteiger partial charge in [0.1, 0.15) is 30.1 Å². The van der Waals surface area contributed by atoms with E-state index in [9.17, 15) is 27.9 Å². The maximum absolute atomic E-state index is 13.4. The van der Waals surface area contributed by atoms with Crippen molar-refractivity contribution < 1.29 is 41.2 Å². The normalized spacial score (nSPS) is 27.5. The summed E-state index contributed by atoms with van der Waals surface area (Å²) in [6.45, 7) is 4.04. The van der Waals surface area contributed by atoms with E-state index >= 15 is 0 Å². The van der Waals surface area contributed by atoms with Crippen LogP contribution >= 0.6 is 7.82 Å². The molecule has 2 aliphatic heterocycles. The minimum absolute atomic E-state index is 0.00231. The summed E-state index contributed by atoms with van der Waals surface area (Å²) in [6.07, 6.45) is -1.58. The number of carbonyl (C=O) groups is 1. The molecule has 1 aromatic carbocycles. The monoisotopic (exact) mass is 620 g/mol. The lowest BCUT2D eigenvalue weighted by atomic mass is 9.92. The van der Waals surface area contributed by atoms with E-state index in [1.54, 1.807) is 6.07 Å². The molecule has 224 valence electrons. The molecule has 15 nitrogen and oxygen atoms in total. The molecular formula is C25H29N6O9PS. The summed E-state index contributed by atoms with van der Waals surface area (Å²) in [5.74, 6) is -0.844. The number of nitrogens with zero attached hydrogens (tertiary/aromatic N) is 5. The molecule has 2 saturated heterocycles. The zero-order valence-corrected chi connectivity index (χ0v) is 24.4. The van der Waals surface area contributed by atoms with Crippen molar-refractivity contribution in [3.63, 3.8) is 0 Å². The molecule has 2 fully saturated rings. The number of esters is 1. The second-order valence-electron chi connectivity index (χ2n) is 9.75. The molecule has 0 bridgehead atoms. The van der Waals surface area contributed by atoms with Crippen molar-refractivity contribution in [2.45, 2.75) is 55.5 Å². The number of ether oxygens (including phenoxy) is 2. The smallest absolute Gasteiger partial charge is 0.451 e. The summed E-state index contributed by atoms with van der Waals surface area (Å²) < 4.78 is 63.2. The second kappa shape index (κ2) is 11.3. The Morgan fingerprint density at radius 3 is 2.60 bits per heavy atom.